The maximum atomic E-state index is 13.4. The van der Waals surface area contributed by atoms with Gasteiger partial charge in [0, 0.05) is 31.7 Å². The molecule has 1 atom stereocenters. The summed E-state index contributed by atoms with van der Waals surface area (Å²) >= 11 is 0. The van der Waals surface area contributed by atoms with Gasteiger partial charge in [-0.25, -0.2) is 0 Å². The standard InChI is InChI=1S/C23H26F3N5O2/c1-3-4-9-27-21(32)19-14(2)17-12-15-13-30(10-11-31(15)20(17)29-28-19)22(33)16-7-5-6-8-18(16)23(24,25)26/h5-8,15H,3-4,9-13H2,1-2H3,(H,27,32). The molecule has 1 aromatic carbocycles. The van der Waals surface area contributed by atoms with Gasteiger partial charge in [-0.2, -0.15) is 13.2 Å². The molecule has 2 aliphatic rings. The van der Waals surface area contributed by atoms with Gasteiger partial charge in [0.05, 0.1) is 17.2 Å². The number of hydrogen-bond donors (Lipinski definition) is 1. The fourth-order valence-corrected chi connectivity index (χ4v) is 4.51. The number of nitrogens with one attached hydrogen (secondary N) is 1. The predicted octanol–water partition coefficient (Wildman–Crippen LogP) is 3.22. The molecular formula is C23H26F3N5O2. The summed E-state index contributed by atoms with van der Waals surface area (Å²) in [6.07, 6.45) is -2.20. The van der Waals surface area contributed by atoms with Crippen LogP contribution in [-0.2, 0) is 12.6 Å². The quantitative estimate of drug-likeness (QED) is 0.692. The fourth-order valence-electron chi connectivity index (χ4n) is 4.51. The van der Waals surface area contributed by atoms with Crippen LogP contribution in [0.15, 0.2) is 24.3 Å². The molecule has 1 N–H and O–H groups in total. The second-order valence-corrected chi connectivity index (χ2v) is 8.43. The maximum absolute atomic E-state index is 13.4. The van der Waals surface area contributed by atoms with E-state index in [0.29, 0.717) is 25.3 Å². The molecule has 1 fully saturated rings. The Kier molecular flexibility index (Phi) is 6.27. The van der Waals surface area contributed by atoms with Crippen molar-refractivity contribution in [2.24, 2.45) is 0 Å². The average Bonchev–Trinajstić information content (AvgIpc) is 3.17. The van der Waals surface area contributed by atoms with Crippen LogP contribution in [0.25, 0.3) is 0 Å². The molecule has 4 rings (SSSR count). The highest BCUT2D eigenvalue weighted by Gasteiger charge is 2.41. The molecule has 2 amide bonds. The largest absolute Gasteiger partial charge is 0.417 e. The molecule has 10 heteroatoms. The van der Waals surface area contributed by atoms with E-state index in [1.165, 1.54) is 23.1 Å². The Morgan fingerprint density at radius 1 is 1.18 bits per heavy atom. The molecule has 0 spiro atoms. The first kappa shape index (κ1) is 23.0. The van der Waals surface area contributed by atoms with Crippen molar-refractivity contribution in [1.82, 2.24) is 20.4 Å². The normalized spacial score (nSPS) is 17.5. The highest BCUT2D eigenvalue weighted by atomic mass is 19.4. The molecule has 7 nitrogen and oxygen atoms in total. The van der Waals surface area contributed by atoms with E-state index in [9.17, 15) is 22.8 Å². The number of carbonyl (C=O) groups is 2. The number of unbranched alkanes of at least 4 members (excludes halogenated alkanes) is 1. The van der Waals surface area contributed by atoms with Crippen LogP contribution >= 0.6 is 0 Å². The van der Waals surface area contributed by atoms with Gasteiger partial charge in [0.25, 0.3) is 11.8 Å². The minimum atomic E-state index is -4.60. The molecule has 0 aliphatic carbocycles. The lowest BCUT2D eigenvalue weighted by atomic mass is 10.0. The smallest absolute Gasteiger partial charge is 0.351 e. The summed E-state index contributed by atoms with van der Waals surface area (Å²) in [4.78, 5) is 29.0. The Balaban J connectivity index is 1.52. The van der Waals surface area contributed by atoms with Gasteiger partial charge in [0.1, 0.15) is 0 Å². The lowest BCUT2D eigenvalue weighted by Gasteiger charge is -2.38. The second-order valence-electron chi connectivity index (χ2n) is 8.43. The minimum Gasteiger partial charge on any atom is -0.351 e. The Bertz CT molecular complexity index is 1070. The van der Waals surface area contributed by atoms with Crippen molar-refractivity contribution in [3.8, 4) is 0 Å². The Morgan fingerprint density at radius 3 is 2.67 bits per heavy atom. The molecule has 0 saturated carbocycles. The predicted molar refractivity (Wildman–Crippen MR) is 116 cm³/mol. The number of carbonyl (C=O) groups excluding carboxylic acids is 2. The van der Waals surface area contributed by atoms with Crippen LogP contribution in [0.2, 0.25) is 0 Å². The van der Waals surface area contributed by atoms with Crippen molar-refractivity contribution < 1.29 is 22.8 Å². The van der Waals surface area contributed by atoms with Gasteiger partial charge in [-0.1, -0.05) is 25.5 Å². The zero-order valence-electron chi connectivity index (χ0n) is 18.6. The van der Waals surface area contributed by atoms with Gasteiger partial charge >= 0.3 is 6.18 Å². The van der Waals surface area contributed by atoms with E-state index >= 15 is 0 Å². The van der Waals surface area contributed by atoms with Crippen molar-refractivity contribution in [3.63, 3.8) is 0 Å². The third-order valence-corrected chi connectivity index (χ3v) is 6.30. The van der Waals surface area contributed by atoms with Gasteiger partial charge in [0.15, 0.2) is 11.5 Å². The number of hydrogen-bond acceptors (Lipinski definition) is 5. The third kappa shape index (κ3) is 4.38. The van der Waals surface area contributed by atoms with E-state index < -0.39 is 17.6 Å². The van der Waals surface area contributed by atoms with Crippen molar-refractivity contribution in [1.29, 1.82) is 0 Å². The van der Waals surface area contributed by atoms with Crippen LogP contribution < -0.4 is 10.2 Å². The van der Waals surface area contributed by atoms with Gasteiger partial charge in [-0.05, 0) is 37.5 Å². The van der Waals surface area contributed by atoms with Crippen LogP contribution in [0.4, 0.5) is 19.0 Å². The molecule has 2 aromatic rings. The average molecular weight is 461 g/mol. The SMILES string of the molecule is CCCCNC(=O)c1nnc2c(c1C)CC1CN(C(=O)c3ccccc3C(F)(F)F)CCN21. The fraction of sp³-hybridized carbons (Fsp3) is 0.478. The van der Waals surface area contributed by atoms with Crippen LogP contribution in [0.5, 0.6) is 0 Å². The van der Waals surface area contributed by atoms with Crippen LogP contribution in [0.1, 0.15) is 57.3 Å². The second kappa shape index (κ2) is 8.99. The summed E-state index contributed by atoms with van der Waals surface area (Å²) in [6.45, 7) is 5.44. The Hall–Kier alpha value is -3.17. The van der Waals surface area contributed by atoms with E-state index in [1.807, 2.05) is 18.7 Å². The molecule has 1 unspecified atom stereocenters. The number of aromatic nitrogens is 2. The lowest BCUT2D eigenvalue weighted by molar-refractivity contribution is -0.138. The summed E-state index contributed by atoms with van der Waals surface area (Å²) in [6, 6.07) is 4.75. The summed E-state index contributed by atoms with van der Waals surface area (Å²) < 4.78 is 40.2. The molecular weight excluding hydrogens is 435 g/mol. The molecule has 176 valence electrons. The van der Waals surface area contributed by atoms with Gasteiger partial charge in [0.2, 0.25) is 0 Å². The number of rotatable bonds is 5. The zero-order valence-corrected chi connectivity index (χ0v) is 18.6. The van der Waals surface area contributed by atoms with Crippen molar-refractivity contribution >= 4 is 17.6 Å². The van der Waals surface area contributed by atoms with Crippen molar-refractivity contribution in [2.45, 2.75) is 45.3 Å². The summed E-state index contributed by atoms with van der Waals surface area (Å²) in [7, 11) is 0. The van der Waals surface area contributed by atoms with Crippen LogP contribution in [0.3, 0.4) is 0 Å². The molecule has 3 heterocycles. The van der Waals surface area contributed by atoms with E-state index in [0.717, 1.165) is 30.0 Å². The number of amides is 2. The van der Waals surface area contributed by atoms with Crippen molar-refractivity contribution in [3.05, 3.63) is 52.2 Å². The summed E-state index contributed by atoms with van der Waals surface area (Å²) in [5.41, 5.74) is 0.685. The highest BCUT2D eigenvalue weighted by molar-refractivity contribution is 5.96. The molecule has 2 aliphatic heterocycles. The minimum absolute atomic E-state index is 0.123. The number of alkyl halides is 3. The maximum Gasteiger partial charge on any atom is 0.417 e. The third-order valence-electron chi connectivity index (χ3n) is 6.30. The van der Waals surface area contributed by atoms with Gasteiger partial charge in [-0.15, -0.1) is 10.2 Å². The number of piperazine rings is 1. The van der Waals surface area contributed by atoms with E-state index in [-0.39, 0.29) is 36.3 Å². The summed E-state index contributed by atoms with van der Waals surface area (Å²) in [5, 5.41) is 11.3. The first-order valence-electron chi connectivity index (χ1n) is 11.1. The highest BCUT2D eigenvalue weighted by Crippen LogP contribution is 2.36. The van der Waals surface area contributed by atoms with Gasteiger partial charge < -0.3 is 15.1 Å². The first-order chi connectivity index (χ1) is 15.7. The number of fused-ring (bicyclic) bond motifs is 3. The Morgan fingerprint density at radius 2 is 1.94 bits per heavy atom. The van der Waals surface area contributed by atoms with E-state index in [2.05, 4.69) is 15.5 Å². The number of nitrogens with zero attached hydrogens (tertiary/aromatic N) is 4. The molecule has 1 saturated heterocycles. The monoisotopic (exact) mass is 461 g/mol. The lowest BCUT2D eigenvalue weighted by Crippen LogP contribution is -2.54. The molecule has 33 heavy (non-hydrogen) atoms. The number of halogens is 3. The molecule has 0 radical (unpaired) electrons. The van der Waals surface area contributed by atoms with E-state index in [1.54, 1.807) is 0 Å². The van der Waals surface area contributed by atoms with Crippen molar-refractivity contribution in [2.75, 3.05) is 31.1 Å². The molecule has 1 aromatic heterocycles. The van der Waals surface area contributed by atoms with Gasteiger partial charge in [-0.3, -0.25) is 9.59 Å². The summed E-state index contributed by atoms with van der Waals surface area (Å²) in [5.74, 6) is -0.204. The topological polar surface area (TPSA) is 78.4 Å². The van der Waals surface area contributed by atoms with E-state index in [4.69, 9.17) is 0 Å². The number of benzene rings is 1. The van der Waals surface area contributed by atoms with Crippen LogP contribution in [-0.4, -0.2) is 59.1 Å². The number of anilines is 1. The Labute approximate surface area is 190 Å². The zero-order chi connectivity index (χ0) is 23.8. The van der Waals surface area contributed by atoms with Crippen LogP contribution in [0, 0.1) is 6.92 Å². The molecule has 0 bridgehead atoms. The first-order valence-corrected chi connectivity index (χ1v) is 11.1.